The first-order valence-electron chi connectivity index (χ1n) is 8.52. The molecule has 0 heterocycles. The van der Waals surface area contributed by atoms with Crippen LogP contribution in [0.15, 0.2) is 29.2 Å². The second-order valence-electron chi connectivity index (χ2n) is 6.21. The van der Waals surface area contributed by atoms with E-state index >= 15 is 0 Å². The average Bonchev–Trinajstić information content (AvgIpc) is 2.49. The van der Waals surface area contributed by atoms with Crippen LogP contribution in [-0.4, -0.2) is 13.0 Å². The molecule has 0 saturated heterocycles. The smallest absolute Gasteiger partial charge is 0.282 e. The molecule has 0 amide bonds. The number of benzene rings is 1. The summed E-state index contributed by atoms with van der Waals surface area (Å²) in [6.07, 6.45) is 11.7. The van der Waals surface area contributed by atoms with E-state index in [4.69, 9.17) is 4.55 Å². The molecule has 0 spiro atoms. The molecule has 0 saturated carbocycles. The molecular weight excluding hydrogens is 319 g/mol. The van der Waals surface area contributed by atoms with Crippen molar-refractivity contribution >= 4 is 10.1 Å². The molecule has 0 aliphatic rings. The molecule has 0 aliphatic heterocycles. The number of hydrogen-bond acceptors (Lipinski definition) is 2. The molecule has 0 bridgehead atoms. The molecule has 3 nitrogen and oxygen atoms in total. The molecule has 1 rings (SSSR count). The van der Waals surface area contributed by atoms with E-state index in [0.717, 1.165) is 12.0 Å². The third kappa shape index (κ3) is 9.88. The Bertz CT molecular complexity index is 512. The van der Waals surface area contributed by atoms with Crippen molar-refractivity contribution in [3.63, 3.8) is 0 Å². The van der Waals surface area contributed by atoms with E-state index < -0.39 is 10.1 Å². The summed E-state index contributed by atoms with van der Waals surface area (Å²) < 4.78 is 31.0. The summed E-state index contributed by atoms with van der Waals surface area (Å²) >= 11 is 0. The molecule has 0 radical (unpaired) electrons. The van der Waals surface area contributed by atoms with Crippen molar-refractivity contribution in [1.82, 2.24) is 0 Å². The molecule has 1 aromatic carbocycles. The van der Waals surface area contributed by atoms with Crippen LogP contribution in [0.2, 0.25) is 0 Å². The summed E-state index contributed by atoms with van der Waals surface area (Å²) in [6, 6.07) is 6.57. The summed E-state index contributed by atoms with van der Waals surface area (Å²) in [4.78, 5) is -0.0319. The maximum Gasteiger partial charge on any atom is 1.00 e. The minimum atomic E-state index is -4.08. The number of unbranched alkanes of at least 4 members (excludes halogenated alkanes) is 7. The zero-order valence-corrected chi connectivity index (χ0v) is 17.7. The van der Waals surface area contributed by atoms with Gasteiger partial charge in [0.05, 0.1) is 4.90 Å². The van der Waals surface area contributed by atoms with Gasteiger partial charge in [0.1, 0.15) is 0 Å². The van der Waals surface area contributed by atoms with Crippen LogP contribution in [0.1, 0.15) is 83.1 Å². The average molecular weight is 349 g/mol. The Kier molecular flexibility index (Phi) is 12.6. The first-order chi connectivity index (χ1) is 10.4. The van der Waals surface area contributed by atoms with Gasteiger partial charge in [0.2, 0.25) is 0 Å². The van der Waals surface area contributed by atoms with E-state index in [1.54, 1.807) is 12.1 Å². The molecule has 1 atom stereocenters. The van der Waals surface area contributed by atoms with E-state index in [1.807, 2.05) is 0 Å². The van der Waals surface area contributed by atoms with Crippen LogP contribution in [0.3, 0.4) is 0 Å². The van der Waals surface area contributed by atoms with Crippen LogP contribution in [0.5, 0.6) is 0 Å². The van der Waals surface area contributed by atoms with E-state index in [-0.39, 0.29) is 34.5 Å². The number of hydrogen-bond donors (Lipinski definition) is 1. The molecule has 0 aromatic heterocycles. The van der Waals surface area contributed by atoms with E-state index in [0.29, 0.717) is 5.92 Å². The molecular formula is C18H30NaO3S+. The third-order valence-corrected chi connectivity index (χ3v) is 5.11. The molecule has 0 fully saturated rings. The fourth-order valence-electron chi connectivity index (χ4n) is 2.72. The van der Waals surface area contributed by atoms with Crippen molar-refractivity contribution in [2.24, 2.45) is 0 Å². The summed E-state index contributed by atoms with van der Waals surface area (Å²) in [6.45, 7) is 4.41. The van der Waals surface area contributed by atoms with Gasteiger partial charge in [-0.1, -0.05) is 77.3 Å². The normalized spacial score (nSPS) is 12.7. The minimum absolute atomic E-state index is 0. The van der Waals surface area contributed by atoms with Crippen LogP contribution >= 0.6 is 0 Å². The van der Waals surface area contributed by atoms with E-state index in [9.17, 15) is 8.42 Å². The van der Waals surface area contributed by atoms with Crippen molar-refractivity contribution in [2.75, 3.05) is 0 Å². The minimum Gasteiger partial charge on any atom is -0.282 e. The molecule has 1 unspecified atom stereocenters. The zero-order valence-electron chi connectivity index (χ0n) is 14.9. The van der Waals surface area contributed by atoms with Crippen LogP contribution in [-0.2, 0) is 10.1 Å². The standard InChI is InChI=1S/C18H30O3S.Na/c1-3-4-5-6-7-8-9-10-11-16(2)17-12-14-18(15-13-17)22(19,20)21;/h12-16H,3-11H2,1-2H3,(H,19,20,21);/q;+1. The van der Waals surface area contributed by atoms with Gasteiger partial charge in [-0.2, -0.15) is 8.42 Å². The molecule has 1 N–H and O–H groups in total. The van der Waals surface area contributed by atoms with Gasteiger partial charge >= 0.3 is 29.6 Å². The number of rotatable bonds is 11. The Hall–Kier alpha value is 0.130. The van der Waals surface area contributed by atoms with Crippen LogP contribution in [0.4, 0.5) is 0 Å². The first kappa shape index (κ1) is 23.1. The monoisotopic (exact) mass is 349 g/mol. The summed E-state index contributed by atoms with van der Waals surface area (Å²) in [5, 5.41) is 0. The van der Waals surface area contributed by atoms with Crippen molar-refractivity contribution < 1.29 is 42.5 Å². The van der Waals surface area contributed by atoms with Crippen LogP contribution in [0, 0.1) is 0 Å². The molecule has 5 heteroatoms. The Balaban J connectivity index is 0.00000484. The van der Waals surface area contributed by atoms with Gasteiger partial charge in [-0.3, -0.25) is 4.55 Å². The maximum atomic E-state index is 11.0. The van der Waals surface area contributed by atoms with Crippen molar-refractivity contribution in [1.29, 1.82) is 0 Å². The van der Waals surface area contributed by atoms with Crippen molar-refractivity contribution in [3.8, 4) is 0 Å². The second-order valence-corrected chi connectivity index (χ2v) is 7.63. The van der Waals surface area contributed by atoms with Gasteiger partial charge in [0, 0.05) is 0 Å². The summed E-state index contributed by atoms with van der Waals surface area (Å²) in [5.41, 5.74) is 1.13. The van der Waals surface area contributed by atoms with Gasteiger partial charge in [-0.15, -0.1) is 0 Å². The Labute approximate surface area is 164 Å². The fraction of sp³-hybridized carbons (Fsp3) is 0.667. The summed E-state index contributed by atoms with van der Waals surface area (Å²) in [7, 11) is -4.08. The largest absolute Gasteiger partial charge is 1.00 e. The van der Waals surface area contributed by atoms with Crippen LogP contribution in [0.25, 0.3) is 0 Å². The van der Waals surface area contributed by atoms with E-state index in [2.05, 4.69) is 13.8 Å². The van der Waals surface area contributed by atoms with Gasteiger partial charge in [-0.05, 0) is 30.0 Å². The molecule has 126 valence electrons. The fourth-order valence-corrected chi connectivity index (χ4v) is 3.20. The molecule has 0 aliphatic carbocycles. The zero-order chi connectivity index (χ0) is 16.4. The predicted octanol–water partition coefficient (Wildman–Crippen LogP) is 2.57. The van der Waals surface area contributed by atoms with E-state index in [1.165, 1.54) is 63.5 Å². The molecule has 23 heavy (non-hydrogen) atoms. The van der Waals surface area contributed by atoms with Crippen LogP contribution < -0.4 is 29.6 Å². The predicted molar refractivity (Wildman–Crippen MR) is 91.9 cm³/mol. The maximum absolute atomic E-state index is 11.0. The van der Waals surface area contributed by atoms with Gasteiger partial charge in [0.25, 0.3) is 10.1 Å². The second kappa shape index (κ2) is 12.5. The summed E-state index contributed by atoms with van der Waals surface area (Å²) in [5.74, 6) is 0.426. The van der Waals surface area contributed by atoms with Gasteiger partial charge < -0.3 is 0 Å². The Morgan fingerprint density at radius 1 is 0.913 bits per heavy atom. The van der Waals surface area contributed by atoms with Gasteiger partial charge in [-0.25, -0.2) is 0 Å². The SMILES string of the molecule is CCCCCCCCCCC(C)c1ccc(S(=O)(=O)O)cc1.[Na+]. The van der Waals surface area contributed by atoms with Gasteiger partial charge in [0.15, 0.2) is 0 Å². The first-order valence-corrected chi connectivity index (χ1v) is 9.96. The topological polar surface area (TPSA) is 54.4 Å². The quantitative estimate of drug-likeness (QED) is 0.379. The Morgan fingerprint density at radius 3 is 1.87 bits per heavy atom. The third-order valence-electron chi connectivity index (χ3n) is 4.24. The van der Waals surface area contributed by atoms with Crippen molar-refractivity contribution in [2.45, 2.75) is 82.4 Å². The Morgan fingerprint density at radius 2 is 1.39 bits per heavy atom. The molecule has 1 aromatic rings. The van der Waals surface area contributed by atoms with Crippen molar-refractivity contribution in [3.05, 3.63) is 29.8 Å².